The van der Waals surface area contributed by atoms with E-state index in [2.05, 4.69) is 10.5 Å². The predicted molar refractivity (Wildman–Crippen MR) is 84.2 cm³/mol. The van der Waals surface area contributed by atoms with E-state index in [1.54, 1.807) is 13.8 Å². The van der Waals surface area contributed by atoms with Crippen LogP contribution in [0.3, 0.4) is 0 Å². The maximum atomic E-state index is 15.0. The minimum atomic E-state index is -2.06. The third kappa shape index (κ3) is 4.11. The molecule has 2 amide bonds. The summed E-state index contributed by atoms with van der Waals surface area (Å²) >= 11 is 0. The Morgan fingerprint density at radius 2 is 2.21 bits per heavy atom. The summed E-state index contributed by atoms with van der Waals surface area (Å²) < 4.78 is 24.8. The molecule has 7 nitrogen and oxygen atoms in total. The molecule has 0 aliphatic carbocycles. The zero-order valence-corrected chi connectivity index (χ0v) is 14.4. The summed E-state index contributed by atoms with van der Waals surface area (Å²) in [6.45, 7) is 4.28. The van der Waals surface area contributed by atoms with Gasteiger partial charge >= 0.3 is 0 Å². The predicted octanol–water partition coefficient (Wildman–Crippen LogP) is 0.927. The molecule has 0 aromatic carbocycles. The topological polar surface area (TPSA) is 84.7 Å². The van der Waals surface area contributed by atoms with E-state index in [4.69, 9.17) is 9.26 Å². The number of halogens is 1. The number of methoxy groups -OCH3 is 1. The molecule has 1 atom stereocenters. The largest absolute Gasteiger partial charge is 0.383 e. The smallest absolute Gasteiger partial charge is 0.259 e. The lowest BCUT2D eigenvalue weighted by atomic mass is 9.93. The fourth-order valence-electron chi connectivity index (χ4n) is 2.85. The number of piperidine rings is 1. The number of carbonyl (C=O) groups is 2. The van der Waals surface area contributed by atoms with Gasteiger partial charge in [0.05, 0.1) is 25.3 Å². The van der Waals surface area contributed by atoms with Crippen molar-refractivity contribution in [1.82, 2.24) is 15.4 Å². The van der Waals surface area contributed by atoms with Crippen molar-refractivity contribution in [3.63, 3.8) is 0 Å². The van der Waals surface area contributed by atoms with Crippen molar-refractivity contribution in [2.24, 2.45) is 0 Å². The molecular formula is C16H24FN3O4. The molecule has 1 aromatic rings. The number of carbonyl (C=O) groups excluding carboxylic acids is 2. The highest BCUT2D eigenvalue weighted by atomic mass is 19.1. The maximum Gasteiger partial charge on any atom is 0.259 e. The lowest BCUT2D eigenvalue weighted by Crippen LogP contribution is -2.56. The highest BCUT2D eigenvalue weighted by Gasteiger charge is 2.43. The number of aryl methyl sites for hydroxylation is 2. The summed E-state index contributed by atoms with van der Waals surface area (Å²) in [5.74, 6) is -0.327. The summed E-state index contributed by atoms with van der Waals surface area (Å²) in [6.07, 6.45) is 0.658. The summed E-state index contributed by atoms with van der Waals surface area (Å²) in [5, 5.41) is 6.33. The van der Waals surface area contributed by atoms with Gasteiger partial charge in [0.25, 0.3) is 5.91 Å². The molecule has 1 fully saturated rings. The SMILES string of the molecule is COCCNC(=O)C1(F)CCCN(C(=O)Cc2c(C)noc2C)C1. The molecule has 0 spiro atoms. The summed E-state index contributed by atoms with van der Waals surface area (Å²) in [7, 11) is 1.51. The first-order valence-electron chi connectivity index (χ1n) is 8.03. The van der Waals surface area contributed by atoms with Gasteiger partial charge in [-0.05, 0) is 26.7 Å². The van der Waals surface area contributed by atoms with E-state index in [-0.39, 0.29) is 31.8 Å². The molecule has 1 saturated heterocycles. The van der Waals surface area contributed by atoms with E-state index < -0.39 is 11.6 Å². The molecule has 0 saturated carbocycles. The van der Waals surface area contributed by atoms with Gasteiger partial charge in [-0.1, -0.05) is 5.16 Å². The molecule has 1 unspecified atom stereocenters. The van der Waals surface area contributed by atoms with Gasteiger partial charge in [0, 0.05) is 25.8 Å². The van der Waals surface area contributed by atoms with E-state index >= 15 is 0 Å². The first-order valence-corrected chi connectivity index (χ1v) is 8.03. The van der Waals surface area contributed by atoms with Crippen molar-refractivity contribution in [2.45, 2.75) is 38.8 Å². The van der Waals surface area contributed by atoms with Gasteiger partial charge in [0.2, 0.25) is 11.6 Å². The van der Waals surface area contributed by atoms with Gasteiger partial charge in [0.15, 0.2) is 0 Å². The Morgan fingerprint density at radius 3 is 2.83 bits per heavy atom. The molecule has 1 aliphatic heterocycles. The third-order valence-electron chi connectivity index (χ3n) is 4.30. The zero-order chi connectivity index (χ0) is 17.7. The Hall–Kier alpha value is -1.96. The number of hydrogen-bond donors (Lipinski definition) is 1. The molecule has 2 heterocycles. The lowest BCUT2D eigenvalue weighted by Gasteiger charge is -2.36. The van der Waals surface area contributed by atoms with E-state index in [0.29, 0.717) is 31.0 Å². The molecule has 24 heavy (non-hydrogen) atoms. The van der Waals surface area contributed by atoms with Crippen LogP contribution in [0.2, 0.25) is 0 Å². The van der Waals surface area contributed by atoms with Gasteiger partial charge in [-0.25, -0.2) is 4.39 Å². The fraction of sp³-hybridized carbons (Fsp3) is 0.688. The van der Waals surface area contributed by atoms with E-state index in [9.17, 15) is 14.0 Å². The Balaban J connectivity index is 1.99. The average molecular weight is 341 g/mol. The van der Waals surface area contributed by atoms with E-state index in [0.717, 1.165) is 5.56 Å². The van der Waals surface area contributed by atoms with Crippen LogP contribution in [0.4, 0.5) is 4.39 Å². The van der Waals surface area contributed by atoms with Crippen molar-refractivity contribution in [2.75, 3.05) is 33.4 Å². The summed E-state index contributed by atoms with van der Waals surface area (Å²) in [5.41, 5.74) is -0.679. The second-order valence-corrected chi connectivity index (χ2v) is 6.11. The molecule has 1 aromatic heterocycles. The van der Waals surface area contributed by atoms with Crippen molar-refractivity contribution in [3.8, 4) is 0 Å². The third-order valence-corrected chi connectivity index (χ3v) is 4.30. The van der Waals surface area contributed by atoms with Crippen LogP contribution in [-0.4, -0.2) is 60.9 Å². The van der Waals surface area contributed by atoms with Crippen molar-refractivity contribution in [3.05, 3.63) is 17.0 Å². The van der Waals surface area contributed by atoms with Crippen LogP contribution < -0.4 is 5.32 Å². The first-order chi connectivity index (χ1) is 11.4. The van der Waals surface area contributed by atoms with E-state index in [1.165, 1.54) is 12.0 Å². The molecule has 0 bridgehead atoms. The van der Waals surface area contributed by atoms with E-state index in [1.807, 2.05) is 0 Å². The fourth-order valence-corrected chi connectivity index (χ4v) is 2.85. The molecule has 2 rings (SSSR count). The highest BCUT2D eigenvalue weighted by molar-refractivity contribution is 5.87. The van der Waals surface area contributed by atoms with Crippen LogP contribution in [0.25, 0.3) is 0 Å². The molecule has 8 heteroatoms. The minimum absolute atomic E-state index is 0.0997. The highest BCUT2D eigenvalue weighted by Crippen LogP contribution is 2.26. The number of amides is 2. The van der Waals surface area contributed by atoms with Crippen LogP contribution in [-0.2, 0) is 20.7 Å². The van der Waals surface area contributed by atoms with Gasteiger partial charge in [0.1, 0.15) is 5.76 Å². The molecule has 134 valence electrons. The van der Waals surface area contributed by atoms with Gasteiger partial charge in [-0.2, -0.15) is 0 Å². The second-order valence-electron chi connectivity index (χ2n) is 6.11. The van der Waals surface area contributed by atoms with Crippen LogP contribution in [0, 0.1) is 13.8 Å². The molecule has 1 N–H and O–H groups in total. The van der Waals surface area contributed by atoms with Crippen LogP contribution in [0.5, 0.6) is 0 Å². The Morgan fingerprint density at radius 1 is 1.46 bits per heavy atom. The number of aromatic nitrogens is 1. The number of alkyl halides is 1. The zero-order valence-electron chi connectivity index (χ0n) is 14.4. The van der Waals surface area contributed by atoms with Crippen LogP contribution in [0.15, 0.2) is 4.52 Å². The first kappa shape index (κ1) is 18.4. The maximum absolute atomic E-state index is 15.0. The van der Waals surface area contributed by atoms with Gasteiger partial charge in [-0.15, -0.1) is 0 Å². The minimum Gasteiger partial charge on any atom is -0.383 e. The average Bonchev–Trinajstić information content (AvgIpc) is 2.87. The Bertz CT molecular complexity index is 585. The number of ether oxygens (including phenoxy) is 1. The molecule has 0 radical (unpaired) electrons. The standard InChI is InChI=1S/C16H24FN3O4/c1-11-13(12(2)24-19-11)9-14(21)20-7-4-5-16(17,10-20)15(22)18-6-8-23-3/h4-10H2,1-3H3,(H,18,22). The number of rotatable bonds is 6. The molecular weight excluding hydrogens is 317 g/mol. The number of likely N-dealkylation sites (tertiary alicyclic amines) is 1. The number of hydrogen-bond acceptors (Lipinski definition) is 5. The quantitative estimate of drug-likeness (QED) is 0.778. The van der Waals surface area contributed by atoms with Crippen molar-refractivity contribution < 1.29 is 23.2 Å². The monoisotopic (exact) mass is 341 g/mol. The van der Waals surface area contributed by atoms with Crippen molar-refractivity contribution in [1.29, 1.82) is 0 Å². The van der Waals surface area contributed by atoms with Crippen LogP contribution >= 0.6 is 0 Å². The lowest BCUT2D eigenvalue weighted by molar-refractivity contribution is -0.143. The Labute approximate surface area is 140 Å². The molecule has 1 aliphatic rings. The van der Waals surface area contributed by atoms with Crippen molar-refractivity contribution >= 4 is 11.8 Å². The van der Waals surface area contributed by atoms with Gasteiger partial charge < -0.3 is 19.5 Å². The summed E-state index contributed by atoms with van der Waals surface area (Å²) in [4.78, 5) is 26.0. The second kappa shape index (κ2) is 7.74. The normalized spacial score (nSPS) is 20.9. The number of nitrogens with zero attached hydrogens (tertiary/aromatic N) is 2. The van der Waals surface area contributed by atoms with Gasteiger partial charge in [-0.3, -0.25) is 9.59 Å². The Kier molecular flexibility index (Phi) is 5.93. The van der Waals surface area contributed by atoms with Crippen LogP contribution in [0.1, 0.15) is 29.9 Å². The summed E-state index contributed by atoms with van der Waals surface area (Å²) in [6, 6.07) is 0. The number of nitrogens with one attached hydrogen (secondary N) is 1.